The molecule has 0 rings (SSSR count). The molecule has 0 unspecified atom stereocenters. The van der Waals surface area contributed by atoms with Crippen molar-refractivity contribution in [2.75, 3.05) is 0 Å². The Balaban J connectivity index is 4.24. The molecule has 0 bridgehead atoms. The van der Waals surface area contributed by atoms with Gasteiger partial charge in [0.05, 0.1) is 6.10 Å². The van der Waals surface area contributed by atoms with Crippen LogP contribution in [-0.4, -0.2) is 37.2 Å². The number of hydrogen-bond donors (Lipinski definition) is 1. The number of ether oxygens (including phenoxy) is 1. The first-order valence-corrected chi connectivity index (χ1v) is 15.1. The molecule has 1 N–H and O–H groups in total. The van der Waals surface area contributed by atoms with E-state index in [-0.39, 0.29) is 23.2 Å². The van der Waals surface area contributed by atoms with Crippen molar-refractivity contribution in [3.05, 3.63) is 0 Å². The highest BCUT2D eigenvalue weighted by Crippen LogP contribution is 2.38. The molecule has 0 aromatic carbocycles. The fourth-order valence-corrected chi connectivity index (χ4v) is 4.74. The van der Waals surface area contributed by atoms with Gasteiger partial charge in [0, 0.05) is 12.5 Å². The normalized spacial score (nSPS) is 16.2. The Bertz CT molecular complexity index is 477. The Labute approximate surface area is 188 Å². The van der Waals surface area contributed by atoms with E-state index in [0.29, 0.717) is 12.3 Å². The van der Waals surface area contributed by atoms with Crippen LogP contribution in [-0.2, 0) is 14.0 Å². The fraction of sp³-hybridized carbons (Fsp3) is 0.960. The molecular weight excluding hydrogens is 392 g/mol. The van der Waals surface area contributed by atoms with Gasteiger partial charge in [-0.1, -0.05) is 53.9 Å². The molecule has 0 aliphatic heterocycles. The number of aliphatic hydroxyl groups is 1. The summed E-state index contributed by atoms with van der Waals surface area (Å²) in [6.07, 6.45) is 8.05. The van der Waals surface area contributed by atoms with Gasteiger partial charge in [-0.3, -0.25) is 4.79 Å². The second-order valence-corrected chi connectivity index (χ2v) is 16.4. The number of unbranched alkanes of at least 4 members (excludes halogenated alkanes) is 1. The standard InChI is InChI=1S/C25H52O4Si/c1-11-14-22(29-30(9,10)25(6,7)8)19-21(26)18-17-20(2)15-12-13-16-23(27)28-24(3,4)5/h20-22,26H,11-19H2,1-10H3/t20-,21+,22+/m1/s1. The van der Waals surface area contributed by atoms with Crippen LogP contribution in [0.2, 0.25) is 18.1 Å². The fourth-order valence-electron chi connectivity index (χ4n) is 3.34. The summed E-state index contributed by atoms with van der Waals surface area (Å²) in [6.45, 7) is 21.5. The van der Waals surface area contributed by atoms with E-state index in [1.54, 1.807) is 0 Å². The van der Waals surface area contributed by atoms with Crippen molar-refractivity contribution in [1.82, 2.24) is 0 Å². The van der Waals surface area contributed by atoms with Gasteiger partial charge in [-0.25, -0.2) is 0 Å². The first-order chi connectivity index (χ1) is 13.6. The molecule has 0 fully saturated rings. The molecule has 30 heavy (non-hydrogen) atoms. The summed E-state index contributed by atoms with van der Waals surface area (Å²) in [7, 11) is -1.81. The van der Waals surface area contributed by atoms with Crippen molar-refractivity contribution in [3.63, 3.8) is 0 Å². The maximum absolute atomic E-state index is 11.8. The first kappa shape index (κ1) is 29.6. The topological polar surface area (TPSA) is 55.8 Å². The monoisotopic (exact) mass is 444 g/mol. The smallest absolute Gasteiger partial charge is 0.306 e. The average molecular weight is 445 g/mol. The highest BCUT2D eigenvalue weighted by Gasteiger charge is 2.39. The Kier molecular flexibility index (Phi) is 13.0. The summed E-state index contributed by atoms with van der Waals surface area (Å²) in [5, 5.41) is 10.8. The molecule has 0 saturated carbocycles. The summed E-state index contributed by atoms with van der Waals surface area (Å²) < 4.78 is 11.9. The zero-order valence-corrected chi connectivity index (χ0v) is 22.8. The maximum Gasteiger partial charge on any atom is 0.306 e. The van der Waals surface area contributed by atoms with Gasteiger partial charge in [-0.05, 0) is 76.9 Å². The van der Waals surface area contributed by atoms with Crippen LogP contribution in [0.1, 0.15) is 113 Å². The molecule has 0 aliphatic carbocycles. The molecular formula is C25H52O4Si. The molecule has 0 spiro atoms. The molecule has 180 valence electrons. The molecule has 0 amide bonds. The number of hydrogen-bond acceptors (Lipinski definition) is 4. The van der Waals surface area contributed by atoms with E-state index in [2.05, 4.69) is 47.7 Å². The SMILES string of the molecule is CCC[C@@H](C[C@@H](O)CC[C@H](C)CCCCC(=O)OC(C)(C)C)O[Si](C)(C)C(C)(C)C. The van der Waals surface area contributed by atoms with E-state index < -0.39 is 13.9 Å². The van der Waals surface area contributed by atoms with Gasteiger partial charge in [0.1, 0.15) is 5.60 Å². The lowest BCUT2D eigenvalue weighted by molar-refractivity contribution is -0.154. The van der Waals surface area contributed by atoms with Crippen molar-refractivity contribution < 1.29 is 19.1 Å². The lowest BCUT2D eigenvalue weighted by atomic mass is 9.94. The lowest BCUT2D eigenvalue weighted by Gasteiger charge is -2.40. The van der Waals surface area contributed by atoms with E-state index in [0.717, 1.165) is 51.4 Å². The van der Waals surface area contributed by atoms with Gasteiger partial charge >= 0.3 is 5.97 Å². The summed E-state index contributed by atoms with van der Waals surface area (Å²) in [5.41, 5.74) is -0.398. The van der Waals surface area contributed by atoms with Crippen LogP contribution < -0.4 is 0 Å². The zero-order chi connectivity index (χ0) is 23.6. The van der Waals surface area contributed by atoms with Gasteiger partial charge in [-0.15, -0.1) is 0 Å². The van der Waals surface area contributed by atoms with Gasteiger partial charge in [-0.2, -0.15) is 0 Å². The van der Waals surface area contributed by atoms with E-state index in [1.165, 1.54) is 0 Å². The van der Waals surface area contributed by atoms with Crippen molar-refractivity contribution >= 4 is 14.3 Å². The molecule has 3 atom stereocenters. The molecule has 4 nitrogen and oxygen atoms in total. The van der Waals surface area contributed by atoms with Crippen LogP contribution >= 0.6 is 0 Å². The van der Waals surface area contributed by atoms with Gasteiger partial charge in [0.15, 0.2) is 8.32 Å². The van der Waals surface area contributed by atoms with Crippen LogP contribution in [0.15, 0.2) is 0 Å². The molecule has 0 radical (unpaired) electrons. The summed E-state index contributed by atoms with van der Waals surface area (Å²) in [4.78, 5) is 11.8. The summed E-state index contributed by atoms with van der Waals surface area (Å²) >= 11 is 0. The third-order valence-electron chi connectivity index (χ3n) is 6.15. The van der Waals surface area contributed by atoms with Crippen molar-refractivity contribution in [3.8, 4) is 0 Å². The molecule has 0 aliphatic rings. The largest absolute Gasteiger partial charge is 0.460 e. The number of rotatable bonds is 14. The number of carbonyl (C=O) groups excluding carboxylic acids is 1. The highest BCUT2D eigenvalue weighted by atomic mass is 28.4. The van der Waals surface area contributed by atoms with Gasteiger partial charge in [0.2, 0.25) is 0 Å². The number of esters is 1. The van der Waals surface area contributed by atoms with Crippen LogP contribution in [0.3, 0.4) is 0 Å². The quantitative estimate of drug-likeness (QED) is 0.174. The molecule has 0 saturated heterocycles. The van der Waals surface area contributed by atoms with Crippen molar-refractivity contribution in [2.24, 2.45) is 5.92 Å². The minimum atomic E-state index is -1.81. The van der Waals surface area contributed by atoms with Gasteiger partial charge < -0.3 is 14.3 Å². The van der Waals surface area contributed by atoms with Crippen molar-refractivity contribution in [1.29, 1.82) is 0 Å². The summed E-state index contributed by atoms with van der Waals surface area (Å²) in [5.74, 6) is 0.457. The summed E-state index contributed by atoms with van der Waals surface area (Å²) in [6, 6.07) is 0. The lowest BCUT2D eigenvalue weighted by Crippen LogP contribution is -2.44. The van der Waals surface area contributed by atoms with Crippen LogP contribution in [0.5, 0.6) is 0 Å². The second kappa shape index (κ2) is 13.2. The number of carbonyl (C=O) groups is 1. The predicted molar refractivity (Wildman–Crippen MR) is 130 cm³/mol. The Morgan fingerprint density at radius 3 is 2.07 bits per heavy atom. The van der Waals surface area contributed by atoms with E-state index in [9.17, 15) is 9.90 Å². The van der Waals surface area contributed by atoms with Crippen LogP contribution in [0, 0.1) is 5.92 Å². The molecule has 5 heteroatoms. The van der Waals surface area contributed by atoms with Crippen molar-refractivity contribution in [2.45, 2.75) is 149 Å². The van der Waals surface area contributed by atoms with E-state index in [4.69, 9.17) is 9.16 Å². The minimum Gasteiger partial charge on any atom is -0.460 e. The Morgan fingerprint density at radius 1 is 0.967 bits per heavy atom. The number of aliphatic hydroxyl groups excluding tert-OH is 1. The molecule has 0 aromatic rings. The van der Waals surface area contributed by atoms with Crippen LogP contribution in [0.4, 0.5) is 0 Å². The van der Waals surface area contributed by atoms with E-state index in [1.807, 2.05) is 20.8 Å². The molecule has 0 aromatic heterocycles. The third kappa shape index (κ3) is 13.8. The zero-order valence-electron chi connectivity index (χ0n) is 21.8. The Morgan fingerprint density at radius 2 is 1.57 bits per heavy atom. The molecule has 0 heterocycles. The highest BCUT2D eigenvalue weighted by molar-refractivity contribution is 6.74. The average Bonchev–Trinajstić information content (AvgIpc) is 2.54. The van der Waals surface area contributed by atoms with E-state index >= 15 is 0 Å². The first-order valence-electron chi connectivity index (χ1n) is 12.1. The van der Waals surface area contributed by atoms with Gasteiger partial charge in [0.25, 0.3) is 0 Å². The van der Waals surface area contributed by atoms with Crippen LogP contribution in [0.25, 0.3) is 0 Å². The predicted octanol–water partition coefficient (Wildman–Crippen LogP) is 7.25. The third-order valence-corrected chi connectivity index (χ3v) is 10.7. The minimum absolute atomic E-state index is 0.103. The maximum atomic E-state index is 11.8. The second-order valence-electron chi connectivity index (χ2n) is 11.7. The Hall–Kier alpha value is -0.393.